The number of rotatable bonds is 5. The lowest BCUT2D eigenvalue weighted by Crippen LogP contribution is -2.72. The van der Waals surface area contributed by atoms with Gasteiger partial charge in [0.2, 0.25) is 0 Å². The zero-order valence-electron chi connectivity index (χ0n) is 17.4. The Labute approximate surface area is 189 Å². The molecule has 3 aromatic rings. The quantitative estimate of drug-likeness (QED) is 0.546. The van der Waals surface area contributed by atoms with Gasteiger partial charge in [0.05, 0.1) is 24.6 Å². The minimum atomic E-state index is -0.906. The number of carbonyl (C=O) groups excluding carboxylic acids is 3. The molecular weight excluding hydrogens is 424 g/mol. The molecule has 166 valence electrons. The van der Waals surface area contributed by atoms with Crippen molar-refractivity contribution in [3.8, 4) is 5.75 Å². The summed E-state index contributed by atoms with van der Waals surface area (Å²) in [5.74, 6) is -0.211. The second kappa shape index (κ2) is 8.66. The van der Waals surface area contributed by atoms with Crippen molar-refractivity contribution in [2.45, 2.75) is 18.1 Å². The number of β-lactam (4-membered cyclic amide) rings is 1. The molecule has 2 fully saturated rings. The number of amides is 3. The molecule has 0 spiro atoms. The van der Waals surface area contributed by atoms with Crippen molar-refractivity contribution < 1.29 is 28.3 Å². The highest BCUT2D eigenvalue weighted by molar-refractivity contribution is 6.04. The molecule has 2 saturated heterocycles. The van der Waals surface area contributed by atoms with Crippen LogP contribution in [-0.2, 0) is 9.53 Å². The molecule has 0 saturated carbocycles. The van der Waals surface area contributed by atoms with Crippen LogP contribution in [0.25, 0.3) is 6.08 Å². The predicted molar refractivity (Wildman–Crippen MR) is 117 cm³/mol. The smallest absolute Gasteiger partial charge is 0.422 e. The molecule has 0 radical (unpaired) electrons. The Kier molecular flexibility index (Phi) is 5.40. The van der Waals surface area contributed by atoms with E-state index in [0.29, 0.717) is 5.75 Å². The van der Waals surface area contributed by atoms with E-state index in [1.807, 2.05) is 30.3 Å². The van der Waals surface area contributed by atoms with Crippen LogP contribution in [0.15, 0.2) is 89.7 Å². The van der Waals surface area contributed by atoms with Gasteiger partial charge in [-0.05, 0) is 23.8 Å². The number of furan rings is 1. The largest absolute Gasteiger partial charge is 0.472 e. The second-order valence-electron chi connectivity index (χ2n) is 7.65. The first kappa shape index (κ1) is 20.6. The summed E-state index contributed by atoms with van der Waals surface area (Å²) in [6.07, 6.45) is 5.07. The van der Waals surface area contributed by atoms with Gasteiger partial charge in [-0.25, -0.2) is 14.5 Å². The Morgan fingerprint density at radius 2 is 1.73 bits per heavy atom. The molecule has 33 heavy (non-hydrogen) atoms. The van der Waals surface area contributed by atoms with Crippen LogP contribution in [0, 0.1) is 0 Å². The van der Waals surface area contributed by atoms with Crippen molar-refractivity contribution >= 4 is 24.2 Å². The van der Waals surface area contributed by atoms with Crippen LogP contribution in [0.1, 0.15) is 17.2 Å². The molecule has 0 N–H and O–H groups in total. The number of likely N-dealkylation sites (tertiary alicyclic amines) is 1. The molecule has 3 heterocycles. The van der Waals surface area contributed by atoms with Crippen molar-refractivity contribution in [1.82, 2.24) is 9.80 Å². The number of nitrogens with zero attached hydrogens (tertiary/aromatic N) is 2. The number of imide groups is 1. The number of ether oxygens (including phenoxy) is 2. The van der Waals surface area contributed by atoms with Crippen LogP contribution < -0.4 is 4.74 Å². The molecular formula is C25H20N2O6. The van der Waals surface area contributed by atoms with E-state index in [-0.39, 0.29) is 6.61 Å². The van der Waals surface area contributed by atoms with Gasteiger partial charge in [-0.2, -0.15) is 0 Å². The van der Waals surface area contributed by atoms with Crippen molar-refractivity contribution in [2.24, 2.45) is 0 Å². The summed E-state index contributed by atoms with van der Waals surface area (Å²) in [6, 6.07) is 17.5. The van der Waals surface area contributed by atoms with Crippen molar-refractivity contribution in [2.75, 3.05) is 6.61 Å². The highest BCUT2D eigenvalue weighted by Crippen LogP contribution is 2.37. The Hall–Kier alpha value is -4.33. The van der Waals surface area contributed by atoms with Gasteiger partial charge in [-0.3, -0.25) is 9.69 Å². The SMILES string of the molecule is O=C(Oc1ccccc1)N1C(=O)[C@H](N2C(=O)OCC2c2ccccc2)[C@H]1/C=C/c1ccoc1. The van der Waals surface area contributed by atoms with E-state index in [9.17, 15) is 14.4 Å². The standard InChI is InChI=1S/C25H20N2O6/c28-23-22(26-21(16-32-24(26)29)18-7-3-1-4-8-18)20(12-11-17-13-14-31-15-17)27(23)25(30)33-19-9-5-2-6-10-19/h1-15,20-22H,16H2/b12-11+/t20-,21?,22-/m1/s1. The van der Waals surface area contributed by atoms with Gasteiger partial charge in [-0.1, -0.05) is 60.7 Å². The van der Waals surface area contributed by atoms with Gasteiger partial charge in [-0.15, -0.1) is 0 Å². The fourth-order valence-electron chi connectivity index (χ4n) is 4.07. The minimum Gasteiger partial charge on any atom is -0.472 e. The van der Waals surface area contributed by atoms with Crippen molar-refractivity contribution in [3.63, 3.8) is 0 Å². The molecule has 1 aromatic heterocycles. The van der Waals surface area contributed by atoms with E-state index in [2.05, 4.69) is 0 Å². The van der Waals surface area contributed by atoms with E-state index in [1.165, 1.54) is 17.4 Å². The topological polar surface area (TPSA) is 89.3 Å². The van der Waals surface area contributed by atoms with E-state index in [0.717, 1.165) is 16.0 Å². The van der Waals surface area contributed by atoms with Crippen molar-refractivity contribution in [3.05, 3.63) is 96.5 Å². The molecule has 5 rings (SSSR count). The van der Waals surface area contributed by atoms with Gasteiger partial charge in [0, 0.05) is 5.56 Å². The summed E-state index contributed by atoms with van der Waals surface area (Å²) in [6.45, 7) is 0.124. The monoisotopic (exact) mass is 444 g/mol. The minimum absolute atomic E-state index is 0.124. The lowest BCUT2D eigenvalue weighted by Gasteiger charge is -2.47. The fourth-order valence-corrected chi connectivity index (χ4v) is 4.07. The zero-order valence-corrected chi connectivity index (χ0v) is 17.4. The maximum Gasteiger partial charge on any atom is 0.422 e. The van der Waals surface area contributed by atoms with Gasteiger partial charge < -0.3 is 13.9 Å². The third-order valence-electron chi connectivity index (χ3n) is 5.68. The first-order valence-corrected chi connectivity index (χ1v) is 10.4. The summed E-state index contributed by atoms with van der Waals surface area (Å²) in [5, 5.41) is 0. The van der Waals surface area contributed by atoms with Gasteiger partial charge in [0.25, 0.3) is 5.91 Å². The predicted octanol–water partition coefficient (Wildman–Crippen LogP) is 4.26. The number of benzene rings is 2. The zero-order chi connectivity index (χ0) is 22.8. The molecule has 0 aliphatic carbocycles. The highest BCUT2D eigenvalue weighted by Gasteiger charge is 2.58. The van der Waals surface area contributed by atoms with Crippen LogP contribution in [0.5, 0.6) is 5.75 Å². The van der Waals surface area contributed by atoms with E-state index < -0.39 is 36.2 Å². The van der Waals surface area contributed by atoms with Crippen LogP contribution >= 0.6 is 0 Å². The first-order chi connectivity index (χ1) is 16.1. The average molecular weight is 444 g/mol. The molecule has 2 aromatic carbocycles. The van der Waals surface area contributed by atoms with Crippen LogP contribution in [0.3, 0.4) is 0 Å². The number of cyclic esters (lactones) is 1. The van der Waals surface area contributed by atoms with E-state index in [4.69, 9.17) is 13.9 Å². The second-order valence-corrected chi connectivity index (χ2v) is 7.65. The van der Waals surface area contributed by atoms with Crippen molar-refractivity contribution in [1.29, 1.82) is 0 Å². The molecule has 3 amide bonds. The van der Waals surface area contributed by atoms with Crippen LogP contribution in [0.2, 0.25) is 0 Å². The maximum atomic E-state index is 13.2. The average Bonchev–Trinajstić information content (AvgIpc) is 3.48. The normalized spacial score (nSPS) is 22.4. The molecule has 2 aliphatic rings. The lowest BCUT2D eigenvalue weighted by atomic mass is 9.91. The summed E-state index contributed by atoms with van der Waals surface area (Å²) < 4.78 is 15.8. The molecule has 0 bridgehead atoms. The molecule has 8 heteroatoms. The maximum absolute atomic E-state index is 13.2. The van der Waals surface area contributed by atoms with Gasteiger partial charge in [0.15, 0.2) is 0 Å². The Balaban J connectivity index is 1.45. The molecule has 1 unspecified atom stereocenters. The van der Waals surface area contributed by atoms with Gasteiger partial charge >= 0.3 is 12.2 Å². The lowest BCUT2D eigenvalue weighted by molar-refractivity contribution is -0.150. The van der Waals surface area contributed by atoms with Crippen LogP contribution in [-0.4, -0.2) is 46.6 Å². The Bertz CT molecular complexity index is 1180. The third-order valence-corrected chi connectivity index (χ3v) is 5.68. The van der Waals surface area contributed by atoms with Gasteiger partial charge in [0.1, 0.15) is 18.4 Å². The van der Waals surface area contributed by atoms with Crippen LogP contribution in [0.4, 0.5) is 9.59 Å². The summed E-state index contributed by atoms with van der Waals surface area (Å²) in [5.41, 5.74) is 1.60. The Morgan fingerprint density at radius 3 is 2.42 bits per heavy atom. The molecule has 2 aliphatic heterocycles. The molecule has 3 atom stereocenters. The summed E-state index contributed by atoms with van der Waals surface area (Å²) >= 11 is 0. The number of carbonyl (C=O) groups is 3. The third kappa shape index (κ3) is 3.87. The number of para-hydroxylation sites is 1. The highest BCUT2D eigenvalue weighted by atomic mass is 16.6. The Morgan fingerprint density at radius 1 is 1.00 bits per heavy atom. The van der Waals surface area contributed by atoms with E-state index >= 15 is 0 Å². The van der Waals surface area contributed by atoms with E-state index in [1.54, 1.807) is 48.6 Å². The number of hydrogen-bond donors (Lipinski definition) is 0. The first-order valence-electron chi connectivity index (χ1n) is 10.4. The number of hydrogen-bond acceptors (Lipinski definition) is 6. The summed E-state index contributed by atoms with van der Waals surface area (Å²) in [4.78, 5) is 41.2. The summed E-state index contributed by atoms with van der Waals surface area (Å²) in [7, 11) is 0. The fraction of sp³-hybridized carbons (Fsp3) is 0.160. The molecule has 8 nitrogen and oxygen atoms in total.